The predicted molar refractivity (Wildman–Crippen MR) is 149 cm³/mol. The lowest BCUT2D eigenvalue weighted by atomic mass is 10.0. The highest BCUT2D eigenvalue weighted by molar-refractivity contribution is 5.94. The molecule has 0 bridgehead atoms. The second-order valence-electron chi connectivity index (χ2n) is 10.6. The van der Waals surface area contributed by atoms with Crippen LogP contribution < -0.4 is 5.56 Å². The van der Waals surface area contributed by atoms with Gasteiger partial charge in [0.15, 0.2) is 17.4 Å². The summed E-state index contributed by atoms with van der Waals surface area (Å²) in [5.74, 6) is 1.80. The number of benzene rings is 2. The molecule has 0 atom stereocenters. The van der Waals surface area contributed by atoms with E-state index in [0.29, 0.717) is 53.6 Å². The molecule has 0 unspecified atom stereocenters. The Kier molecular flexibility index (Phi) is 6.43. The average molecular weight is 554 g/mol. The molecule has 2 aromatic carbocycles. The normalized spacial score (nSPS) is 15.5. The summed E-state index contributed by atoms with van der Waals surface area (Å²) in [5.41, 5.74) is 1.08. The van der Waals surface area contributed by atoms with E-state index in [2.05, 4.69) is 25.3 Å². The number of amides is 1. The number of carbonyl (C=O) groups excluding carboxylic acids is 1. The van der Waals surface area contributed by atoms with Gasteiger partial charge in [-0.25, -0.2) is 9.49 Å². The molecule has 0 aliphatic carbocycles. The van der Waals surface area contributed by atoms with Gasteiger partial charge < -0.3 is 13.9 Å². The number of nitrogens with zero attached hydrogens (tertiary/aromatic N) is 6. The lowest BCUT2D eigenvalue weighted by Crippen LogP contribution is -2.39. The molecule has 0 saturated carbocycles. The van der Waals surface area contributed by atoms with Gasteiger partial charge in [0.2, 0.25) is 0 Å². The third-order valence-electron chi connectivity index (χ3n) is 7.91. The summed E-state index contributed by atoms with van der Waals surface area (Å²) in [4.78, 5) is 29.6. The molecule has 41 heavy (non-hydrogen) atoms. The molecule has 10 nitrogen and oxygen atoms in total. The molecule has 5 aromatic rings. The monoisotopic (exact) mass is 553 g/mol. The van der Waals surface area contributed by atoms with Crippen LogP contribution in [0.4, 0.5) is 4.39 Å². The number of H-pyrrole nitrogens is 1. The molecule has 1 amide bonds. The SMILES string of the molecule is O=C(c1cc(Cc2n[nH]c(=O)c3ccccc23)ccc1F)N1CCn2c(nnc2-c2ccc(CN3CCCC3)o2)C1. The van der Waals surface area contributed by atoms with E-state index in [1.807, 2.05) is 28.8 Å². The molecule has 2 aliphatic heterocycles. The number of likely N-dealkylation sites (tertiary alicyclic amines) is 1. The van der Waals surface area contributed by atoms with Crippen LogP contribution in [0.1, 0.15) is 46.0 Å². The highest BCUT2D eigenvalue weighted by atomic mass is 19.1. The van der Waals surface area contributed by atoms with Crippen LogP contribution >= 0.6 is 0 Å². The van der Waals surface area contributed by atoms with Crippen molar-refractivity contribution in [2.75, 3.05) is 19.6 Å². The molecule has 7 rings (SSSR count). The van der Waals surface area contributed by atoms with Crippen molar-refractivity contribution >= 4 is 16.7 Å². The van der Waals surface area contributed by atoms with E-state index in [1.165, 1.54) is 18.9 Å². The second kappa shape index (κ2) is 10.4. The maximum absolute atomic E-state index is 14.9. The van der Waals surface area contributed by atoms with Gasteiger partial charge in [0.05, 0.1) is 29.7 Å². The van der Waals surface area contributed by atoms with Crippen molar-refractivity contribution < 1.29 is 13.6 Å². The van der Waals surface area contributed by atoms with Gasteiger partial charge in [0.1, 0.15) is 11.6 Å². The van der Waals surface area contributed by atoms with Gasteiger partial charge >= 0.3 is 0 Å². The molecular weight excluding hydrogens is 525 g/mol. The van der Waals surface area contributed by atoms with Crippen molar-refractivity contribution in [3.63, 3.8) is 0 Å². The number of halogens is 1. The number of fused-ring (bicyclic) bond motifs is 2. The van der Waals surface area contributed by atoms with Crippen molar-refractivity contribution in [2.24, 2.45) is 0 Å². The van der Waals surface area contributed by atoms with E-state index in [0.717, 1.165) is 30.8 Å². The van der Waals surface area contributed by atoms with Gasteiger partial charge in [0.25, 0.3) is 11.5 Å². The van der Waals surface area contributed by atoms with Gasteiger partial charge in [-0.1, -0.05) is 24.3 Å². The van der Waals surface area contributed by atoms with Gasteiger partial charge in [0, 0.05) is 24.9 Å². The predicted octanol–water partition coefficient (Wildman–Crippen LogP) is 3.76. The first-order chi connectivity index (χ1) is 20.0. The first kappa shape index (κ1) is 25.3. The molecule has 11 heteroatoms. The zero-order chi connectivity index (χ0) is 27.9. The first-order valence-electron chi connectivity index (χ1n) is 13.8. The lowest BCUT2D eigenvalue weighted by molar-refractivity contribution is 0.0703. The molecule has 1 fully saturated rings. The van der Waals surface area contributed by atoms with Crippen LogP contribution in [-0.2, 0) is 26.1 Å². The lowest BCUT2D eigenvalue weighted by Gasteiger charge is -2.28. The number of carbonyl (C=O) groups is 1. The molecular formula is C30H28FN7O3. The van der Waals surface area contributed by atoms with E-state index in [1.54, 1.807) is 29.2 Å². The van der Waals surface area contributed by atoms with Gasteiger partial charge in [-0.05, 0) is 61.8 Å². The number of aromatic amines is 1. The van der Waals surface area contributed by atoms with Crippen LogP contribution in [-0.4, -0.2) is 60.3 Å². The zero-order valence-corrected chi connectivity index (χ0v) is 22.3. The number of rotatable bonds is 6. The maximum atomic E-state index is 14.9. The molecule has 3 aromatic heterocycles. The second-order valence-corrected chi connectivity index (χ2v) is 10.6. The minimum Gasteiger partial charge on any atom is -0.456 e. The summed E-state index contributed by atoms with van der Waals surface area (Å²) in [5, 5.41) is 16.7. The fourth-order valence-corrected chi connectivity index (χ4v) is 5.77. The Morgan fingerprint density at radius 3 is 2.66 bits per heavy atom. The Bertz CT molecular complexity index is 1820. The summed E-state index contributed by atoms with van der Waals surface area (Å²) in [6.45, 7) is 4.02. The zero-order valence-electron chi connectivity index (χ0n) is 22.3. The van der Waals surface area contributed by atoms with Gasteiger partial charge in [-0.2, -0.15) is 5.10 Å². The summed E-state index contributed by atoms with van der Waals surface area (Å²) < 4.78 is 23.0. The molecule has 208 valence electrons. The Morgan fingerprint density at radius 1 is 0.976 bits per heavy atom. The van der Waals surface area contributed by atoms with E-state index in [4.69, 9.17) is 4.42 Å². The third kappa shape index (κ3) is 4.82. The Morgan fingerprint density at radius 2 is 1.80 bits per heavy atom. The van der Waals surface area contributed by atoms with Crippen LogP contribution in [0, 0.1) is 5.82 Å². The first-order valence-corrected chi connectivity index (χ1v) is 13.8. The summed E-state index contributed by atoms with van der Waals surface area (Å²) in [6, 6.07) is 15.6. The minimum atomic E-state index is -0.591. The number of hydrogen-bond donors (Lipinski definition) is 1. The smallest absolute Gasteiger partial charge is 0.272 e. The largest absolute Gasteiger partial charge is 0.456 e. The standard InChI is InChI=1S/C30H28FN7O3/c31-24-9-7-19(16-25-21-5-1-2-6-22(21)29(39)35-32-25)15-23(24)30(40)37-13-14-38-27(18-37)33-34-28(38)26-10-8-20(41-26)17-36-11-3-4-12-36/h1-2,5-10,15H,3-4,11-14,16-18H2,(H,35,39). The van der Waals surface area contributed by atoms with Crippen molar-refractivity contribution in [2.45, 2.75) is 38.9 Å². The fourth-order valence-electron chi connectivity index (χ4n) is 5.77. The Balaban J connectivity index is 1.09. The summed E-state index contributed by atoms with van der Waals surface area (Å²) in [7, 11) is 0. The number of furan rings is 1. The summed E-state index contributed by atoms with van der Waals surface area (Å²) in [6.07, 6.45) is 2.77. The van der Waals surface area contributed by atoms with Crippen LogP contribution in [0.2, 0.25) is 0 Å². The van der Waals surface area contributed by atoms with E-state index < -0.39 is 11.7 Å². The Hall–Kier alpha value is -4.64. The minimum absolute atomic E-state index is 0.0120. The third-order valence-corrected chi connectivity index (χ3v) is 7.91. The molecule has 0 radical (unpaired) electrons. The topological polar surface area (TPSA) is 113 Å². The molecule has 5 heterocycles. The van der Waals surface area contributed by atoms with Crippen LogP contribution in [0.15, 0.2) is 63.8 Å². The fraction of sp³-hybridized carbons (Fsp3) is 0.300. The highest BCUT2D eigenvalue weighted by Gasteiger charge is 2.28. The van der Waals surface area contributed by atoms with Crippen LogP contribution in [0.3, 0.4) is 0 Å². The molecule has 2 aliphatic rings. The van der Waals surface area contributed by atoms with E-state index >= 15 is 0 Å². The van der Waals surface area contributed by atoms with Crippen LogP contribution in [0.25, 0.3) is 22.4 Å². The van der Waals surface area contributed by atoms with Crippen molar-refractivity contribution in [1.82, 2.24) is 34.8 Å². The Labute approximate surface area is 234 Å². The summed E-state index contributed by atoms with van der Waals surface area (Å²) >= 11 is 0. The quantitative estimate of drug-likeness (QED) is 0.341. The van der Waals surface area contributed by atoms with E-state index in [9.17, 15) is 14.0 Å². The average Bonchev–Trinajstić information content (AvgIpc) is 3.77. The van der Waals surface area contributed by atoms with Crippen molar-refractivity contribution in [1.29, 1.82) is 0 Å². The van der Waals surface area contributed by atoms with Crippen molar-refractivity contribution in [3.05, 3.63) is 99.2 Å². The van der Waals surface area contributed by atoms with Gasteiger partial charge in [-0.3, -0.25) is 14.5 Å². The number of nitrogens with one attached hydrogen (secondary N) is 1. The highest BCUT2D eigenvalue weighted by Crippen LogP contribution is 2.26. The van der Waals surface area contributed by atoms with Crippen molar-refractivity contribution in [3.8, 4) is 11.6 Å². The maximum Gasteiger partial charge on any atom is 0.272 e. The van der Waals surface area contributed by atoms with E-state index in [-0.39, 0.29) is 17.7 Å². The molecule has 1 saturated heterocycles. The number of aromatic nitrogens is 5. The molecule has 1 N–H and O–H groups in total. The molecule has 0 spiro atoms. The van der Waals surface area contributed by atoms with Gasteiger partial charge in [-0.15, -0.1) is 10.2 Å². The number of hydrogen-bond acceptors (Lipinski definition) is 7. The van der Waals surface area contributed by atoms with Crippen LogP contribution in [0.5, 0.6) is 0 Å².